The molecule has 168 valence electrons. The minimum atomic E-state index is -0.266. The maximum Gasteiger partial charge on any atom is 0.257 e. The number of nitrogens with zero attached hydrogens (tertiary/aromatic N) is 1. The number of carbonyl (C=O) groups excluding carboxylic acids is 1. The summed E-state index contributed by atoms with van der Waals surface area (Å²) < 4.78 is 5.91. The first-order chi connectivity index (χ1) is 15.6. The Hall–Kier alpha value is -3.22. The molecule has 0 unspecified atom stereocenters. The van der Waals surface area contributed by atoms with Crippen LogP contribution < -0.4 is 10.6 Å². The second kappa shape index (κ2) is 8.96. The Bertz CT molecular complexity index is 1350. The molecule has 0 fully saturated rings. The normalized spacial score (nSPS) is 11.4. The van der Waals surface area contributed by atoms with Gasteiger partial charge in [0.25, 0.3) is 5.91 Å². The lowest BCUT2D eigenvalue weighted by molar-refractivity contribution is 0.0977. The van der Waals surface area contributed by atoms with Gasteiger partial charge in [-0.1, -0.05) is 50.6 Å². The summed E-state index contributed by atoms with van der Waals surface area (Å²) in [5, 5.41) is 6.67. The summed E-state index contributed by atoms with van der Waals surface area (Å²) in [5.74, 6) is 0.222. The van der Waals surface area contributed by atoms with Crippen LogP contribution in [0, 0.1) is 6.92 Å². The molecule has 0 saturated heterocycles. The number of nitrogens with one attached hydrogen (secondary N) is 2. The van der Waals surface area contributed by atoms with Gasteiger partial charge in [-0.05, 0) is 78.1 Å². The van der Waals surface area contributed by atoms with E-state index in [2.05, 4.69) is 36.4 Å². The number of carbonyl (C=O) groups is 1. The Morgan fingerprint density at radius 3 is 2.48 bits per heavy atom. The van der Waals surface area contributed by atoms with Crippen molar-refractivity contribution in [2.45, 2.75) is 33.1 Å². The number of benzene rings is 3. The monoisotopic (exact) mass is 477 g/mol. The first kappa shape index (κ1) is 23.0. The zero-order valence-electron chi connectivity index (χ0n) is 18.8. The van der Waals surface area contributed by atoms with E-state index in [1.165, 1.54) is 0 Å². The van der Waals surface area contributed by atoms with Crippen LogP contribution >= 0.6 is 23.8 Å². The number of thiocarbonyl (C=S) groups is 1. The molecule has 0 spiro atoms. The van der Waals surface area contributed by atoms with E-state index in [9.17, 15) is 4.79 Å². The molecule has 0 aliphatic carbocycles. The van der Waals surface area contributed by atoms with Gasteiger partial charge >= 0.3 is 0 Å². The lowest BCUT2D eigenvalue weighted by Crippen LogP contribution is -2.34. The lowest BCUT2D eigenvalue weighted by Gasteiger charge is -2.19. The molecule has 1 aromatic heterocycles. The van der Waals surface area contributed by atoms with Gasteiger partial charge in [-0.2, -0.15) is 0 Å². The number of fused-ring (bicyclic) bond motifs is 1. The molecule has 0 bridgehead atoms. The van der Waals surface area contributed by atoms with Crippen molar-refractivity contribution in [2.75, 3.05) is 5.32 Å². The number of amides is 1. The Morgan fingerprint density at radius 2 is 1.79 bits per heavy atom. The van der Waals surface area contributed by atoms with Gasteiger partial charge in [0.2, 0.25) is 5.89 Å². The van der Waals surface area contributed by atoms with E-state index in [0.717, 1.165) is 22.4 Å². The third kappa shape index (κ3) is 5.07. The molecule has 5 nitrogen and oxygen atoms in total. The average Bonchev–Trinajstić information content (AvgIpc) is 3.17. The highest BCUT2D eigenvalue weighted by atomic mass is 35.5. The van der Waals surface area contributed by atoms with Gasteiger partial charge in [0.05, 0.1) is 0 Å². The van der Waals surface area contributed by atoms with Crippen LogP contribution in [-0.2, 0) is 5.41 Å². The SMILES string of the molecule is Cc1c(NC(=S)NC(=O)c2ccc(C(C)(C)C)cc2)cccc1-c1nc2cc(Cl)ccc2o1. The standard InChI is InChI=1S/C26H24ClN3O2S/c1-15-19(24-28-21-14-18(27)12-13-22(21)32-24)6-5-7-20(15)29-25(33)30-23(31)16-8-10-17(11-9-16)26(2,3)4/h5-14H,1-4H3,(H2,29,30,31,33). The molecule has 33 heavy (non-hydrogen) atoms. The van der Waals surface area contributed by atoms with E-state index in [1.54, 1.807) is 18.2 Å². The number of aromatic nitrogens is 1. The van der Waals surface area contributed by atoms with E-state index in [4.69, 9.17) is 28.2 Å². The third-order valence-electron chi connectivity index (χ3n) is 5.40. The summed E-state index contributed by atoms with van der Waals surface area (Å²) in [7, 11) is 0. The minimum absolute atomic E-state index is 0.0232. The predicted octanol–water partition coefficient (Wildman–Crippen LogP) is 6.88. The van der Waals surface area contributed by atoms with Crippen molar-refractivity contribution < 1.29 is 9.21 Å². The summed E-state index contributed by atoms with van der Waals surface area (Å²) in [6.07, 6.45) is 0. The molecule has 3 aromatic carbocycles. The van der Waals surface area contributed by atoms with Crippen LogP contribution in [0.1, 0.15) is 42.3 Å². The van der Waals surface area contributed by atoms with Crippen LogP contribution in [0.4, 0.5) is 5.69 Å². The van der Waals surface area contributed by atoms with E-state index < -0.39 is 0 Å². The van der Waals surface area contributed by atoms with Gasteiger partial charge < -0.3 is 9.73 Å². The fourth-order valence-corrected chi connectivity index (χ4v) is 3.84. The number of anilines is 1. The van der Waals surface area contributed by atoms with Crippen LogP contribution in [0.2, 0.25) is 5.02 Å². The van der Waals surface area contributed by atoms with Crippen molar-refractivity contribution >= 4 is 51.6 Å². The lowest BCUT2D eigenvalue weighted by atomic mass is 9.87. The van der Waals surface area contributed by atoms with Gasteiger partial charge in [-0.25, -0.2) is 4.98 Å². The number of oxazole rings is 1. The number of hydrogen-bond acceptors (Lipinski definition) is 4. The summed E-state index contributed by atoms with van der Waals surface area (Å²) in [6, 6.07) is 18.6. The van der Waals surface area contributed by atoms with Crippen molar-refractivity contribution in [3.05, 3.63) is 82.4 Å². The maximum absolute atomic E-state index is 12.6. The van der Waals surface area contributed by atoms with Crippen LogP contribution in [0.5, 0.6) is 0 Å². The maximum atomic E-state index is 12.6. The predicted molar refractivity (Wildman–Crippen MR) is 138 cm³/mol. The molecule has 1 heterocycles. The summed E-state index contributed by atoms with van der Waals surface area (Å²) in [6.45, 7) is 8.34. The second-order valence-electron chi connectivity index (χ2n) is 8.84. The molecule has 0 aliphatic rings. The van der Waals surface area contributed by atoms with Crippen molar-refractivity contribution in [2.24, 2.45) is 0 Å². The molecule has 2 N–H and O–H groups in total. The van der Waals surface area contributed by atoms with E-state index in [-0.39, 0.29) is 16.4 Å². The number of hydrogen-bond donors (Lipinski definition) is 2. The van der Waals surface area contributed by atoms with Crippen molar-refractivity contribution in [3.8, 4) is 11.5 Å². The highest BCUT2D eigenvalue weighted by Gasteiger charge is 2.16. The zero-order valence-corrected chi connectivity index (χ0v) is 20.4. The molecule has 0 aliphatic heterocycles. The number of halogens is 1. The average molecular weight is 478 g/mol. The molecular weight excluding hydrogens is 454 g/mol. The smallest absolute Gasteiger partial charge is 0.257 e. The summed E-state index contributed by atoms with van der Waals surface area (Å²) >= 11 is 11.4. The van der Waals surface area contributed by atoms with Crippen LogP contribution in [0.25, 0.3) is 22.6 Å². The van der Waals surface area contributed by atoms with Gasteiger partial charge in [0.15, 0.2) is 10.7 Å². The highest BCUT2D eigenvalue weighted by Crippen LogP contribution is 2.31. The van der Waals surface area contributed by atoms with Gasteiger partial charge in [-0.15, -0.1) is 0 Å². The molecule has 0 radical (unpaired) electrons. The third-order valence-corrected chi connectivity index (χ3v) is 5.84. The molecule has 4 aromatic rings. The van der Waals surface area contributed by atoms with Crippen LogP contribution in [-0.4, -0.2) is 16.0 Å². The van der Waals surface area contributed by atoms with E-state index >= 15 is 0 Å². The minimum Gasteiger partial charge on any atom is -0.436 e. The van der Waals surface area contributed by atoms with Crippen LogP contribution in [0.3, 0.4) is 0 Å². The van der Waals surface area contributed by atoms with Gasteiger partial charge in [0.1, 0.15) is 5.52 Å². The Kier molecular flexibility index (Phi) is 6.23. The summed E-state index contributed by atoms with van der Waals surface area (Å²) in [5.41, 5.74) is 5.54. The second-order valence-corrected chi connectivity index (χ2v) is 9.69. The van der Waals surface area contributed by atoms with Crippen LogP contribution in [0.15, 0.2) is 65.1 Å². The molecule has 0 atom stereocenters. The molecule has 7 heteroatoms. The van der Waals surface area contributed by atoms with Gasteiger partial charge in [-0.3, -0.25) is 10.1 Å². The zero-order chi connectivity index (χ0) is 23.8. The Labute approximate surface area is 203 Å². The highest BCUT2D eigenvalue weighted by molar-refractivity contribution is 7.80. The Balaban J connectivity index is 1.49. The van der Waals surface area contributed by atoms with Crippen molar-refractivity contribution in [3.63, 3.8) is 0 Å². The fourth-order valence-electron chi connectivity index (χ4n) is 3.47. The molecule has 1 amide bonds. The largest absolute Gasteiger partial charge is 0.436 e. The Morgan fingerprint density at radius 1 is 1.06 bits per heavy atom. The quantitative estimate of drug-likeness (QED) is 0.315. The first-order valence-electron chi connectivity index (χ1n) is 10.5. The van der Waals surface area contributed by atoms with E-state index in [0.29, 0.717) is 27.6 Å². The van der Waals surface area contributed by atoms with Crippen molar-refractivity contribution in [1.29, 1.82) is 0 Å². The molecular formula is C26H24ClN3O2S. The number of rotatable bonds is 3. The van der Waals surface area contributed by atoms with Gasteiger partial charge in [0, 0.05) is 21.8 Å². The molecule has 4 rings (SSSR count). The summed E-state index contributed by atoms with van der Waals surface area (Å²) in [4.78, 5) is 17.2. The fraction of sp³-hybridized carbons (Fsp3) is 0.192. The van der Waals surface area contributed by atoms with Crippen molar-refractivity contribution in [1.82, 2.24) is 10.3 Å². The first-order valence-corrected chi connectivity index (χ1v) is 11.3. The van der Waals surface area contributed by atoms with E-state index in [1.807, 2.05) is 49.4 Å². The topological polar surface area (TPSA) is 67.2 Å². The molecule has 0 saturated carbocycles.